The van der Waals surface area contributed by atoms with Crippen molar-refractivity contribution in [3.8, 4) is 5.75 Å². The fourth-order valence-electron chi connectivity index (χ4n) is 2.28. The molecule has 0 fully saturated rings. The van der Waals surface area contributed by atoms with Crippen molar-refractivity contribution in [1.29, 1.82) is 0 Å². The minimum atomic E-state index is -0.590. The number of carbonyl (C=O) groups excluding carboxylic acids is 1. The zero-order valence-corrected chi connectivity index (χ0v) is 15.1. The Balaban J connectivity index is 1.56. The van der Waals surface area contributed by atoms with E-state index in [-0.39, 0.29) is 12.3 Å². The van der Waals surface area contributed by atoms with Crippen LogP contribution in [0.5, 0.6) is 5.75 Å². The van der Waals surface area contributed by atoms with Crippen LogP contribution in [0.2, 0.25) is 0 Å². The van der Waals surface area contributed by atoms with Crippen LogP contribution in [0.25, 0.3) is 0 Å². The molecule has 0 atom stereocenters. The molecule has 2 aromatic carbocycles. The van der Waals surface area contributed by atoms with E-state index in [1.807, 2.05) is 32.0 Å². The standard InChI is InChI=1S/C18H17FN4O2S/c1-11-7-8-15(12(2)9-11)25-10-16-22-23-18(26-16)21-17(24)20-14-6-4-3-5-13(14)19/h3-9H,10H2,1-2H3,(H2,20,21,23,24). The van der Waals surface area contributed by atoms with Crippen LogP contribution in [-0.4, -0.2) is 16.2 Å². The van der Waals surface area contributed by atoms with Gasteiger partial charge in [-0.05, 0) is 37.6 Å². The Bertz CT molecular complexity index is 929. The summed E-state index contributed by atoms with van der Waals surface area (Å²) in [5, 5.41) is 13.7. The third-order valence-corrected chi connectivity index (χ3v) is 4.30. The van der Waals surface area contributed by atoms with Gasteiger partial charge in [-0.2, -0.15) is 0 Å². The second kappa shape index (κ2) is 7.92. The minimum absolute atomic E-state index is 0.0907. The lowest BCUT2D eigenvalue weighted by atomic mass is 10.1. The Morgan fingerprint density at radius 2 is 1.96 bits per heavy atom. The molecule has 0 saturated carbocycles. The Morgan fingerprint density at radius 3 is 2.73 bits per heavy atom. The number of hydrogen-bond donors (Lipinski definition) is 2. The topological polar surface area (TPSA) is 76.1 Å². The number of halogens is 1. The van der Waals surface area contributed by atoms with Gasteiger partial charge in [0, 0.05) is 0 Å². The van der Waals surface area contributed by atoms with Crippen LogP contribution in [0.3, 0.4) is 0 Å². The molecular formula is C18H17FN4O2S. The lowest BCUT2D eigenvalue weighted by Gasteiger charge is -2.07. The molecule has 0 spiro atoms. The molecule has 0 aliphatic heterocycles. The Kier molecular flexibility index (Phi) is 5.43. The van der Waals surface area contributed by atoms with Gasteiger partial charge in [0.05, 0.1) is 5.69 Å². The second-order valence-electron chi connectivity index (χ2n) is 5.62. The number of rotatable bonds is 5. The summed E-state index contributed by atoms with van der Waals surface area (Å²) in [7, 11) is 0. The maximum atomic E-state index is 13.5. The summed E-state index contributed by atoms with van der Waals surface area (Å²) in [6, 6.07) is 11.2. The molecular weight excluding hydrogens is 355 g/mol. The molecule has 2 N–H and O–H groups in total. The fourth-order valence-corrected chi connectivity index (χ4v) is 2.92. The molecule has 0 unspecified atom stereocenters. The van der Waals surface area contributed by atoms with Gasteiger partial charge in [0.15, 0.2) is 5.01 Å². The predicted octanol–water partition coefficient (Wildman–Crippen LogP) is 4.52. The Hall–Kier alpha value is -3.00. The van der Waals surface area contributed by atoms with Gasteiger partial charge in [0.1, 0.15) is 18.2 Å². The van der Waals surface area contributed by atoms with Gasteiger partial charge in [0.2, 0.25) is 5.13 Å². The van der Waals surface area contributed by atoms with Crippen molar-refractivity contribution in [2.75, 3.05) is 10.6 Å². The molecule has 3 aromatic rings. The van der Waals surface area contributed by atoms with Crippen molar-refractivity contribution in [2.24, 2.45) is 0 Å². The van der Waals surface area contributed by atoms with E-state index in [0.29, 0.717) is 10.1 Å². The van der Waals surface area contributed by atoms with Crippen molar-refractivity contribution < 1.29 is 13.9 Å². The predicted molar refractivity (Wildman–Crippen MR) is 99.2 cm³/mol. The number of nitrogens with one attached hydrogen (secondary N) is 2. The van der Waals surface area contributed by atoms with Crippen LogP contribution in [0.4, 0.5) is 20.0 Å². The van der Waals surface area contributed by atoms with Gasteiger partial charge < -0.3 is 10.1 Å². The highest BCUT2D eigenvalue weighted by Crippen LogP contribution is 2.22. The molecule has 26 heavy (non-hydrogen) atoms. The normalized spacial score (nSPS) is 10.4. The van der Waals surface area contributed by atoms with E-state index >= 15 is 0 Å². The van der Waals surface area contributed by atoms with Gasteiger partial charge in [-0.25, -0.2) is 9.18 Å². The highest BCUT2D eigenvalue weighted by atomic mass is 32.1. The maximum absolute atomic E-state index is 13.5. The fraction of sp³-hybridized carbons (Fsp3) is 0.167. The first kappa shape index (κ1) is 17.8. The molecule has 0 bridgehead atoms. The van der Waals surface area contributed by atoms with Crippen molar-refractivity contribution in [3.05, 3.63) is 64.4 Å². The molecule has 2 amide bonds. The summed E-state index contributed by atoms with van der Waals surface area (Å²) in [4.78, 5) is 11.9. The summed E-state index contributed by atoms with van der Waals surface area (Å²) >= 11 is 1.19. The molecule has 1 aromatic heterocycles. The minimum Gasteiger partial charge on any atom is -0.486 e. The number of anilines is 2. The molecule has 8 heteroatoms. The van der Waals surface area contributed by atoms with E-state index in [1.165, 1.54) is 23.5 Å². The van der Waals surface area contributed by atoms with Gasteiger partial charge in [-0.3, -0.25) is 5.32 Å². The lowest BCUT2D eigenvalue weighted by Crippen LogP contribution is -2.19. The van der Waals surface area contributed by atoms with E-state index in [0.717, 1.165) is 16.9 Å². The molecule has 0 saturated heterocycles. The van der Waals surface area contributed by atoms with Crippen molar-refractivity contribution >= 4 is 28.2 Å². The number of carbonyl (C=O) groups is 1. The summed E-state index contributed by atoms with van der Waals surface area (Å²) in [6.45, 7) is 4.24. The largest absolute Gasteiger partial charge is 0.486 e. The number of urea groups is 1. The maximum Gasteiger partial charge on any atom is 0.325 e. The molecule has 134 valence electrons. The van der Waals surface area contributed by atoms with Gasteiger partial charge in [0.25, 0.3) is 0 Å². The highest BCUT2D eigenvalue weighted by Gasteiger charge is 2.11. The quantitative estimate of drug-likeness (QED) is 0.690. The van der Waals surface area contributed by atoms with Crippen molar-refractivity contribution in [2.45, 2.75) is 20.5 Å². The first-order valence-electron chi connectivity index (χ1n) is 7.86. The summed E-state index contributed by atoms with van der Waals surface area (Å²) in [5.41, 5.74) is 2.29. The van der Waals surface area contributed by atoms with Gasteiger partial charge in [-0.15, -0.1) is 10.2 Å². The van der Waals surface area contributed by atoms with Crippen LogP contribution in [0.1, 0.15) is 16.1 Å². The number of hydrogen-bond acceptors (Lipinski definition) is 5. The number of para-hydroxylation sites is 1. The van der Waals surface area contributed by atoms with E-state index in [9.17, 15) is 9.18 Å². The van der Waals surface area contributed by atoms with E-state index in [2.05, 4.69) is 20.8 Å². The van der Waals surface area contributed by atoms with E-state index in [1.54, 1.807) is 12.1 Å². The SMILES string of the molecule is Cc1ccc(OCc2nnc(NC(=O)Nc3ccccc3F)s2)c(C)c1. The average molecular weight is 372 g/mol. The van der Waals surface area contributed by atoms with Crippen LogP contribution < -0.4 is 15.4 Å². The van der Waals surface area contributed by atoms with Crippen LogP contribution in [0, 0.1) is 19.7 Å². The van der Waals surface area contributed by atoms with Crippen molar-refractivity contribution in [3.63, 3.8) is 0 Å². The Morgan fingerprint density at radius 1 is 1.15 bits per heavy atom. The lowest BCUT2D eigenvalue weighted by molar-refractivity contribution is 0.262. The second-order valence-corrected chi connectivity index (χ2v) is 6.68. The first-order valence-corrected chi connectivity index (χ1v) is 8.68. The van der Waals surface area contributed by atoms with Crippen LogP contribution in [-0.2, 0) is 6.61 Å². The Labute approximate surface area is 154 Å². The molecule has 1 heterocycles. The molecule has 6 nitrogen and oxygen atoms in total. The third kappa shape index (κ3) is 4.54. The van der Waals surface area contributed by atoms with E-state index in [4.69, 9.17) is 4.74 Å². The smallest absolute Gasteiger partial charge is 0.325 e. The van der Waals surface area contributed by atoms with Gasteiger partial charge >= 0.3 is 6.03 Å². The van der Waals surface area contributed by atoms with Gasteiger partial charge in [-0.1, -0.05) is 41.2 Å². The molecule has 0 aliphatic rings. The molecule has 0 aliphatic carbocycles. The van der Waals surface area contributed by atoms with E-state index < -0.39 is 11.8 Å². The van der Waals surface area contributed by atoms with Crippen molar-refractivity contribution in [1.82, 2.24) is 10.2 Å². The zero-order chi connectivity index (χ0) is 18.5. The number of nitrogens with zero attached hydrogens (tertiary/aromatic N) is 2. The molecule has 3 rings (SSSR count). The summed E-state index contributed by atoms with van der Waals surface area (Å²) in [6.07, 6.45) is 0. The van der Waals surface area contributed by atoms with Crippen LogP contribution in [0.15, 0.2) is 42.5 Å². The monoisotopic (exact) mass is 372 g/mol. The first-order chi connectivity index (χ1) is 12.5. The number of aryl methyl sites for hydroxylation is 2. The average Bonchev–Trinajstić information content (AvgIpc) is 3.03. The summed E-state index contributed by atoms with van der Waals surface area (Å²) < 4.78 is 19.3. The number of benzene rings is 2. The number of aromatic nitrogens is 2. The number of ether oxygens (including phenoxy) is 1. The van der Waals surface area contributed by atoms with Crippen LogP contribution >= 0.6 is 11.3 Å². The molecule has 0 radical (unpaired) electrons. The summed E-state index contributed by atoms with van der Waals surface area (Å²) in [5.74, 6) is 0.264. The number of amides is 2. The third-order valence-electron chi connectivity index (χ3n) is 3.49. The highest BCUT2D eigenvalue weighted by molar-refractivity contribution is 7.15. The zero-order valence-electron chi connectivity index (χ0n) is 14.2.